The lowest BCUT2D eigenvalue weighted by atomic mass is 10.2. The summed E-state index contributed by atoms with van der Waals surface area (Å²) in [6.45, 7) is 1.55. The maximum Gasteiger partial charge on any atom is 0.262 e. The van der Waals surface area contributed by atoms with Gasteiger partial charge in [-0.3, -0.25) is 9.59 Å². The Labute approximate surface area is 146 Å². The van der Waals surface area contributed by atoms with Gasteiger partial charge in [-0.2, -0.15) is 0 Å². The molecule has 7 nitrogen and oxygen atoms in total. The first-order valence-electron chi connectivity index (χ1n) is 7.69. The first kappa shape index (κ1) is 18.3. The van der Waals surface area contributed by atoms with Crippen LogP contribution in [-0.4, -0.2) is 32.1 Å². The van der Waals surface area contributed by atoms with Crippen molar-refractivity contribution in [2.75, 3.05) is 30.9 Å². The van der Waals surface area contributed by atoms with Crippen molar-refractivity contribution >= 4 is 23.2 Å². The third-order valence-corrected chi connectivity index (χ3v) is 3.34. The van der Waals surface area contributed by atoms with E-state index in [1.807, 2.05) is 19.1 Å². The number of nitrogens with two attached hydrogens (primary N) is 1. The largest absolute Gasteiger partial charge is 0.493 e. The van der Waals surface area contributed by atoms with Crippen LogP contribution in [0, 0.1) is 6.92 Å². The van der Waals surface area contributed by atoms with E-state index in [2.05, 4.69) is 10.6 Å². The molecule has 0 aliphatic heterocycles. The molecular weight excluding hydrogens is 322 g/mol. The Morgan fingerprint density at radius 2 is 1.68 bits per heavy atom. The van der Waals surface area contributed by atoms with Crippen LogP contribution in [-0.2, 0) is 9.59 Å². The van der Waals surface area contributed by atoms with E-state index in [0.29, 0.717) is 22.9 Å². The second kappa shape index (κ2) is 8.70. The number of aryl methyl sites for hydroxylation is 1. The monoisotopic (exact) mass is 343 g/mol. The Balaban J connectivity index is 2.04. The molecule has 0 saturated heterocycles. The van der Waals surface area contributed by atoms with Gasteiger partial charge in [-0.1, -0.05) is 18.2 Å². The number of methoxy groups -OCH3 is 1. The Morgan fingerprint density at radius 1 is 1.00 bits per heavy atom. The zero-order chi connectivity index (χ0) is 18.2. The summed E-state index contributed by atoms with van der Waals surface area (Å²) in [6, 6.07) is 12.3. The van der Waals surface area contributed by atoms with Crippen LogP contribution in [0.2, 0.25) is 0 Å². The molecule has 0 saturated carbocycles. The number of hydrogen-bond donors (Lipinski definition) is 3. The fourth-order valence-corrected chi connectivity index (χ4v) is 2.14. The third kappa shape index (κ3) is 5.22. The first-order chi connectivity index (χ1) is 12.0. The van der Waals surface area contributed by atoms with Crippen molar-refractivity contribution in [3.8, 4) is 11.5 Å². The molecule has 0 atom stereocenters. The van der Waals surface area contributed by atoms with Gasteiger partial charge in [0.2, 0.25) is 5.91 Å². The average molecular weight is 343 g/mol. The molecule has 0 aromatic heterocycles. The van der Waals surface area contributed by atoms with Gasteiger partial charge in [0.1, 0.15) is 0 Å². The van der Waals surface area contributed by atoms with Crippen LogP contribution >= 0.6 is 0 Å². The minimum Gasteiger partial charge on any atom is -0.493 e. The van der Waals surface area contributed by atoms with E-state index in [-0.39, 0.29) is 25.0 Å². The van der Waals surface area contributed by atoms with Crippen LogP contribution in [0.3, 0.4) is 0 Å². The molecule has 2 aromatic rings. The average Bonchev–Trinajstić information content (AvgIpc) is 2.62. The molecule has 0 aliphatic rings. The van der Waals surface area contributed by atoms with E-state index in [1.165, 1.54) is 7.11 Å². The topological polar surface area (TPSA) is 103 Å². The smallest absolute Gasteiger partial charge is 0.262 e. The summed E-state index contributed by atoms with van der Waals surface area (Å²) in [6.07, 6.45) is 0. The standard InChI is InChI=1S/C18H21N3O4/c1-12-7-8-13(14(9-12)21-17(22)10-19)20-18(23)11-25-16-6-4-3-5-15(16)24-2/h3-9H,10-11,19H2,1-2H3,(H,20,23)(H,21,22). The molecule has 0 radical (unpaired) electrons. The minimum atomic E-state index is -0.363. The lowest BCUT2D eigenvalue weighted by Gasteiger charge is -2.14. The van der Waals surface area contributed by atoms with Gasteiger partial charge in [-0.25, -0.2) is 0 Å². The predicted octanol–water partition coefficient (Wildman–Crippen LogP) is 1.92. The molecule has 0 spiro atoms. The first-order valence-corrected chi connectivity index (χ1v) is 7.69. The van der Waals surface area contributed by atoms with Crippen molar-refractivity contribution in [2.24, 2.45) is 5.73 Å². The predicted molar refractivity (Wildman–Crippen MR) is 96.0 cm³/mol. The van der Waals surface area contributed by atoms with Crippen molar-refractivity contribution in [2.45, 2.75) is 6.92 Å². The normalized spacial score (nSPS) is 10.0. The van der Waals surface area contributed by atoms with Gasteiger partial charge in [0.05, 0.1) is 25.0 Å². The van der Waals surface area contributed by atoms with Crippen molar-refractivity contribution in [1.29, 1.82) is 0 Å². The molecule has 0 fully saturated rings. The number of anilines is 2. The highest BCUT2D eigenvalue weighted by Crippen LogP contribution is 2.26. The van der Waals surface area contributed by atoms with E-state index in [4.69, 9.17) is 15.2 Å². The maximum atomic E-state index is 12.2. The number of rotatable bonds is 7. The van der Waals surface area contributed by atoms with Crippen LogP contribution in [0.15, 0.2) is 42.5 Å². The molecule has 2 amide bonds. The molecule has 2 aromatic carbocycles. The number of carbonyl (C=O) groups is 2. The molecule has 7 heteroatoms. The summed E-state index contributed by atoms with van der Waals surface area (Å²) in [7, 11) is 1.53. The van der Waals surface area contributed by atoms with E-state index in [0.717, 1.165) is 5.56 Å². The molecule has 0 aliphatic carbocycles. The molecule has 4 N–H and O–H groups in total. The highest BCUT2D eigenvalue weighted by atomic mass is 16.5. The van der Waals surface area contributed by atoms with E-state index in [9.17, 15) is 9.59 Å². The quantitative estimate of drug-likeness (QED) is 0.713. The summed E-state index contributed by atoms with van der Waals surface area (Å²) in [5, 5.41) is 5.37. The second-order valence-corrected chi connectivity index (χ2v) is 5.29. The molecule has 0 bridgehead atoms. The van der Waals surface area contributed by atoms with Crippen molar-refractivity contribution in [1.82, 2.24) is 0 Å². The Morgan fingerprint density at radius 3 is 2.36 bits per heavy atom. The van der Waals surface area contributed by atoms with E-state index >= 15 is 0 Å². The number of ether oxygens (including phenoxy) is 2. The van der Waals surface area contributed by atoms with Crippen molar-refractivity contribution in [3.63, 3.8) is 0 Å². The lowest BCUT2D eigenvalue weighted by Crippen LogP contribution is -2.24. The SMILES string of the molecule is COc1ccccc1OCC(=O)Nc1ccc(C)cc1NC(=O)CN. The Kier molecular flexibility index (Phi) is 6.36. The number of hydrogen-bond acceptors (Lipinski definition) is 5. The van der Waals surface area contributed by atoms with Crippen LogP contribution in [0.1, 0.15) is 5.56 Å². The number of para-hydroxylation sites is 2. The fourth-order valence-electron chi connectivity index (χ4n) is 2.14. The zero-order valence-corrected chi connectivity index (χ0v) is 14.2. The Hall–Kier alpha value is -3.06. The third-order valence-electron chi connectivity index (χ3n) is 3.34. The summed E-state index contributed by atoms with van der Waals surface area (Å²) in [5.41, 5.74) is 7.22. The summed E-state index contributed by atoms with van der Waals surface area (Å²) in [4.78, 5) is 23.7. The minimum absolute atomic E-state index is 0.141. The molecule has 0 heterocycles. The van der Waals surface area contributed by atoms with Crippen molar-refractivity contribution < 1.29 is 19.1 Å². The molecule has 0 unspecified atom stereocenters. The van der Waals surface area contributed by atoms with Gasteiger partial charge < -0.3 is 25.8 Å². The van der Waals surface area contributed by atoms with E-state index in [1.54, 1.807) is 30.3 Å². The Bertz CT molecular complexity index is 762. The van der Waals surface area contributed by atoms with Crippen LogP contribution < -0.4 is 25.8 Å². The number of carbonyl (C=O) groups excluding carboxylic acids is 2. The van der Waals surface area contributed by atoms with Gasteiger partial charge >= 0.3 is 0 Å². The zero-order valence-electron chi connectivity index (χ0n) is 14.2. The molecular formula is C18H21N3O4. The number of amides is 2. The van der Waals surface area contributed by atoms with E-state index < -0.39 is 0 Å². The maximum absolute atomic E-state index is 12.2. The highest BCUT2D eigenvalue weighted by Gasteiger charge is 2.11. The van der Waals surface area contributed by atoms with Gasteiger partial charge in [-0.05, 0) is 36.8 Å². The summed E-state index contributed by atoms with van der Waals surface area (Å²) < 4.78 is 10.7. The van der Waals surface area contributed by atoms with Gasteiger partial charge in [0, 0.05) is 0 Å². The van der Waals surface area contributed by atoms with Crippen LogP contribution in [0.25, 0.3) is 0 Å². The van der Waals surface area contributed by atoms with Gasteiger partial charge in [0.15, 0.2) is 18.1 Å². The summed E-state index contributed by atoms with van der Waals surface area (Å²) >= 11 is 0. The van der Waals surface area contributed by atoms with Gasteiger partial charge in [-0.15, -0.1) is 0 Å². The molecule has 2 rings (SSSR count). The van der Waals surface area contributed by atoms with Crippen molar-refractivity contribution in [3.05, 3.63) is 48.0 Å². The molecule has 25 heavy (non-hydrogen) atoms. The number of nitrogens with one attached hydrogen (secondary N) is 2. The summed E-state index contributed by atoms with van der Waals surface area (Å²) in [5.74, 6) is 0.312. The van der Waals surface area contributed by atoms with Gasteiger partial charge in [0.25, 0.3) is 5.91 Å². The fraction of sp³-hybridized carbons (Fsp3) is 0.222. The van der Waals surface area contributed by atoms with Crippen LogP contribution in [0.4, 0.5) is 11.4 Å². The highest BCUT2D eigenvalue weighted by molar-refractivity contribution is 6.00. The lowest BCUT2D eigenvalue weighted by molar-refractivity contribution is -0.118. The van der Waals surface area contributed by atoms with Crippen LogP contribution in [0.5, 0.6) is 11.5 Å². The number of benzene rings is 2. The second-order valence-electron chi connectivity index (χ2n) is 5.29. The molecule has 132 valence electrons.